The molecule has 0 aliphatic carbocycles. The third kappa shape index (κ3) is 3.07. The van der Waals surface area contributed by atoms with Gasteiger partial charge >= 0.3 is 0 Å². The van der Waals surface area contributed by atoms with Gasteiger partial charge in [0.1, 0.15) is 0 Å². The van der Waals surface area contributed by atoms with Gasteiger partial charge < -0.3 is 10.6 Å². The molecule has 0 aromatic carbocycles. The van der Waals surface area contributed by atoms with Crippen LogP contribution in [0.5, 0.6) is 0 Å². The molecule has 4 heteroatoms. The number of amides is 1. The van der Waals surface area contributed by atoms with Crippen molar-refractivity contribution < 1.29 is 4.79 Å². The Balaban J connectivity index is 1.95. The van der Waals surface area contributed by atoms with Crippen LogP contribution in [0.15, 0.2) is 24.5 Å². The maximum absolute atomic E-state index is 12.2. The van der Waals surface area contributed by atoms with Gasteiger partial charge in [0.05, 0.1) is 5.92 Å². The van der Waals surface area contributed by atoms with Gasteiger partial charge in [0.2, 0.25) is 5.91 Å². The van der Waals surface area contributed by atoms with Gasteiger partial charge in [0.25, 0.3) is 0 Å². The van der Waals surface area contributed by atoms with Gasteiger partial charge in [-0.1, -0.05) is 13.0 Å². The van der Waals surface area contributed by atoms with Crippen molar-refractivity contribution in [1.29, 1.82) is 0 Å². The summed E-state index contributed by atoms with van der Waals surface area (Å²) in [6, 6.07) is 4.10. The molecule has 0 radical (unpaired) electrons. The summed E-state index contributed by atoms with van der Waals surface area (Å²) in [5, 5.41) is 6.50. The topological polar surface area (TPSA) is 54.0 Å². The highest BCUT2D eigenvalue weighted by Gasteiger charge is 2.25. The lowest BCUT2D eigenvalue weighted by molar-refractivity contribution is -0.123. The smallest absolute Gasteiger partial charge is 0.227 e. The second kappa shape index (κ2) is 5.96. The number of rotatable bonds is 3. The molecule has 1 aliphatic heterocycles. The van der Waals surface area contributed by atoms with Crippen molar-refractivity contribution in [2.24, 2.45) is 5.92 Å². The maximum Gasteiger partial charge on any atom is 0.227 e. The van der Waals surface area contributed by atoms with Crippen LogP contribution in [0, 0.1) is 5.92 Å². The molecule has 1 amide bonds. The fourth-order valence-electron chi connectivity index (χ4n) is 2.32. The highest BCUT2D eigenvalue weighted by molar-refractivity contribution is 5.83. The molecule has 1 aromatic rings. The number of nitrogens with zero attached hydrogens (tertiary/aromatic N) is 1. The van der Waals surface area contributed by atoms with Crippen LogP contribution in [-0.2, 0) is 4.79 Å². The average molecular weight is 247 g/mol. The monoisotopic (exact) mass is 247 g/mol. The Morgan fingerprint density at radius 2 is 2.44 bits per heavy atom. The number of aromatic nitrogens is 1. The number of nitrogens with one attached hydrogen (secondary N) is 2. The van der Waals surface area contributed by atoms with Gasteiger partial charge in [-0.3, -0.25) is 9.78 Å². The van der Waals surface area contributed by atoms with Gasteiger partial charge in [0, 0.05) is 18.4 Å². The van der Waals surface area contributed by atoms with E-state index in [0.717, 1.165) is 25.1 Å². The molecule has 3 atom stereocenters. The fraction of sp³-hybridized carbons (Fsp3) is 0.571. The second-order valence-electron chi connectivity index (χ2n) is 5.09. The van der Waals surface area contributed by atoms with E-state index in [0.29, 0.717) is 5.92 Å². The van der Waals surface area contributed by atoms with E-state index in [9.17, 15) is 4.79 Å². The number of pyridine rings is 1. The van der Waals surface area contributed by atoms with Crippen LogP contribution in [0.1, 0.15) is 31.7 Å². The minimum absolute atomic E-state index is 0.0988. The van der Waals surface area contributed by atoms with E-state index < -0.39 is 0 Å². The lowest BCUT2D eigenvalue weighted by Crippen LogP contribution is -2.49. The normalized spacial score (nSPS) is 25.4. The molecule has 4 nitrogen and oxygen atoms in total. The Bertz CT molecular complexity index is 393. The molecule has 0 bridgehead atoms. The lowest BCUT2D eigenvalue weighted by atomic mass is 9.94. The molecule has 1 aromatic heterocycles. The fourth-order valence-corrected chi connectivity index (χ4v) is 2.32. The third-order valence-corrected chi connectivity index (χ3v) is 3.69. The first-order valence-corrected chi connectivity index (χ1v) is 6.59. The molecule has 18 heavy (non-hydrogen) atoms. The highest BCUT2D eigenvalue weighted by atomic mass is 16.1. The summed E-state index contributed by atoms with van der Waals surface area (Å²) in [6.45, 7) is 6.06. The first kappa shape index (κ1) is 13.0. The summed E-state index contributed by atoms with van der Waals surface area (Å²) in [5.41, 5.74) is 0.969. The lowest BCUT2D eigenvalue weighted by Gasteiger charge is -2.31. The second-order valence-corrected chi connectivity index (χ2v) is 5.09. The molecule has 1 aliphatic rings. The summed E-state index contributed by atoms with van der Waals surface area (Å²) in [4.78, 5) is 16.3. The number of piperidine rings is 1. The first-order chi connectivity index (χ1) is 8.68. The average Bonchev–Trinajstić information content (AvgIpc) is 2.41. The summed E-state index contributed by atoms with van der Waals surface area (Å²) >= 11 is 0. The van der Waals surface area contributed by atoms with Crippen LogP contribution in [-0.4, -0.2) is 30.0 Å². The van der Waals surface area contributed by atoms with Crippen LogP contribution in [0.25, 0.3) is 0 Å². The van der Waals surface area contributed by atoms with Crippen LogP contribution in [0.3, 0.4) is 0 Å². The standard InChI is InChI=1S/C14H21N3O/c1-10-8-16-7-5-13(10)17-14(18)11(2)12-4-3-6-15-9-12/h3-4,6,9-11,13,16H,5,7-8H2,1-2H3,(H,17,18). The largest absolute Gasteiger partial charge is 0.352 e. The van der Waals surface area contributed by atoms with Gasteiger partial charge in [0.15, 0.2) is 0 Å². The Labute approximate surface area is 108 Å². The Morgan fingerprint density at radius 3 is 3.11 bits per heavy atom. The summed E-state index contributed by atoms with van der Waals surface area (Å²) in [6.07, 6.45) is 4.49. The van der Waals surface area contributed by atoms with Crippen LogP contribution < -0.4 is 10.6 Å². The van der Waals surface area contributed by atoms with Gasteiger partial charge in [-0.25, -0.2) is 0 Å². The van der Waals surface area contributed by atoms with Crippen molar-refractivity contribution in [3.8, 4) is 0 Å². The molecule has 2 N–H and O–H groups in total. The first-order valence-electron chi connectivity index (χ1n) is 6.59. The number of carbonyl (C=O) groups excluding carboxylic acids is 1. The van der Waals surface area contributed by atoms with Crippen LogP contribution in [0.4, 0.5) is 0 Å². The minimum Gasteiger partial charge on any atom is -0.352 e. The third-order valence-electron chi connectivity index (χ3n) is 3.69. The molecule has 3 unspecified atom stereocenters. The molecule has 0 spiro atoms. The minimum atomic E-state index is -0.138. The highest BCUT2D eigenvalue weighted by Crippen LogP contribution is 2.16. The summed E-state index contributed by atoms with van der Waals surface area (Å²) < 4.78 is 0. The van der Waals surface area contributed by atoms with Crippen molar-refractivity contribution >= 4 is 5.91 Å². The zero-order valence-corrected chi connectivity index (χ0v) is 11.0. The SMILES string of the molecule is CC(C(=O)NC1CCNCC1C)c1cccnc1. The van der Waals surface area contributed by atoms with E-state index in [1.807, 2.05) is 19.1 Å². The van der Waals surface area contributed by atoms with Crippen molar-refractivity contribution in [2.75, 3.05) is 13.1 Å². The van der Waals surface area contributed by atoms with Gasteiger partial charge in [-0.15, -0.1) is 0 Å². The van der Waals surface area contributed by atoms with Gasteiger partial charge in [-0.05, 0) is 44.0 Å². The quantitative estimate of drug-likeness (QED) is 0.846. The molecule has 1 saturated heterocycles. The van der Waals surface area contributed by atoms with E-state index in [1.54, 1.807) is 12.4 Å². The van der Waals surface area contributed by atoms with Crippen LogP contribution in [0.2, 0.25) is 0 Å². The van der Waals surface area contributed by atoms with E-state index in [-0.39, 0.29) is 17.9 Å². The van der Waals surface area contributed by atoms with E-state index in [2.05, 4.69) is 22.5 Å². The molecular weight excluding hydrogens is 226 g/mol. The zero-order chi connectivity index (χ0) is 13.0. The van der Waals surface area contributed by atoms with Gasteiger partial charge in [-0.2, -0.15) is 0 Å². The summed E-state index contributed by atoms with van der Waals surface area (Å²) in [5.74, 6) is 0.450. The van der Waals surface area contributed by atoms with Crippen molar-refractivity contribution in [3.05, 3.63) is 30.1 Å². The molecule has 1 fully saturated rings. The number of carbonyl (C=O) groups is 1. The Morgan fingerprint density at radius 1 is 1.61 bits per heavy atom. The van der Waals surface area contributed by atoms with E-state index in [4.69, 9.17) is 0 Å². The maximum atomic E-state index is 12.2. The number of hydrogen-bond acceptors (Lipinski definition) is 3. The van der Waals surface area contributed by atoms with E-state index >= 15 is 0 Å². The predicted molar refractivity (Wildman–Crippen MR) is 71.2 cm³/mol. The van der Waals surface area contributed by atoms with Crippen LogP contribution >= 0.6 is 0 Å². The van der Waals surface area contributed by atoms with Crippen molar-refractivity contribution in [1.82, 2.24) is 15.6 Å². The molecule has 0 saturated carbocycles. The Hall–Kier alpha value is -1.42. The summed E-state index contributed by atoms with van der Waals surface area (Å²) in [7, 11) is 0. The zero-order valence-electron chi connectivity index (χ0n) is 11.0. The molecule has 98 valence electrons. The van der Waals surface area contributed by atoms with Crippen molar-refractivity contribution in [3.63, 3.8) is 0 Å². The number of hydrogen-bond donors (Lipinski definition) is 2. The molecular formula is C14H21N3O. The predicted octanol–water partition coefficient (Wildman–Crippen LogP) is 1.30. The molecule has 2 rings (SSSR count). The molecule has 2 heterocycles. The van der Waals surface area contributed by atoms with Crippen molar-refractivity contribution in [2.45, 2.75) is 32.2 Å². The van der Waals surface area contributed by atoms with E-state index in [1.165, 1.54) is 0 Å². The Kier molecular flexibility index (Phi) is 4.31.